The smallest absolute Gasteiger partial charge is 0.389 e. The lowest BCUT2D eigenvalue weighted by molar-refractivity contribution is -0.139. The Kier molecular flexibility index (Phi) is 6.26. The predicted molar refractivity (Wildman–Crippen MR) is 69.6 cm³/mol. The molecular weight excluding hydrogens is 273 g/mol. The average Bonchev–Trinajstić information content (AvgIpc) is 2.27. The van der Waals surface area contributed by atoms with E-state index in [1.165, 1.54) is 0 Å². The number of halogens is 3. The highest BCUT2D eigenvalue weighted by Gasteiger charge is 2.35. The molecule has 1 aliphatic carbocycles. The van der Waals surface area contributed by atoms with Crippen LogP contribution < -0.4 is 5.32 Å². The van der Waals surface area contributed by atoms with E-state index in [1.807, 2.05) is 11.8 Å². The molecule has 0 aromatic rings. The molecule has 20 heavy (non-hydrogen) atoms. The zero-order valence-electron chi connectivity index (χ0n) is 11.9. The van der Waals surface area contributed by atoms with Gasteiger partial charge in [0.05, 0.1) is 6.54 Å². The van der Waals surface area contributed by atoms with Crippen LogP contribution in [-0.2, 0) is 4.79 Å². The van der Waals surface area contributed by atoms with Crippen molar-refractivity contribution in [1.82, 2.24) is 10.2 Å². The molecule has 1 fully saturated rings. The number of aliphatic carboxylic acids is 1. The first-order valence-electron chi connectivity index (χ1n) is 7.00. The summed E-state index contributed by atoms with van der Waals surface area (Å²) in [6, 6.07) is 0.256. The van der Waals surface area contributed by atoms with E-state index in [2.05, 4.69) is 5.32 Å². The van der Waals surface area contributed by atoms with Crippen molar-refractivity contribution in [3.05, 3.63) is 0 Å². The third-order valence-corrected chi connectivity index (χ3v) is 3.76. The van der Waals surface area contributed by atoms with Gasteiger partial charge in [0, 0.05) is 24.5 Å². The summed E-state index contributed by atoms with van der Waals surface area (Å²) in [7, 11) is 0. The van der Waals surface area contributed by atoms with Gasteiger partial charge in [0.1, 0.15) is 0 Å². The first-order chi connectivity index (χ1) is 9.21. The van der Waals surface area contributed by atoms with E-state index in [1.54, 1.807) is 6.92 Å². The Morgan fingerprint density at radius 2 is 2.05 bits per heavy atom. The number of likely N-dealkylation sites (N-methyl/N-ethyl adjacent to an activating group) is 1. The third-order valence-electron chi connectivity index (χ3n) is 3.76. The van der Waals surface area contributed by atoms with Gasteiger partial charge in [-0.15, -0.1) is 0 Å². The van der Waals surface area contributed by atoms with Gasteiger partial charge in [-0.05, 0) is 32.7 Å². The second-order valence-corrected chi connectivity index (χ2v) is 5.50. The van der Waals surface area contributed by atoms with E-state index in [9.17, 15) is 18.0 Å². The van der Waals surface area contributed by atoms with Crippen LogP contribution in [0.3, 0.4) is 0 Å². The maximum absolute atomic E-state index is 12.1. The minimum atomic E-state index is -4.10. The Labute approximate surface area is 117 Å². The Bertz CT molecular complexity index is 317. The summed E-state index contributed by atoms with van der Waals surface area (Å²) in [4.78, 5) is 12.6. The molecule has 7 heteroatoms. The molecule has 1 aliphatic rings. The molecule has 118 valence electrons. The predicted octanol–water partition coefficient (Wildman–Crippen LogP) is 2.24. The SMILES string of the molecule is CCN(CC(=O)O)C1CC(NC(C)CCC(F)(F)F)C1. The molecule has 0 radical (unpaired) electrons. The van der Waals surface area contributed by atoms with Crippen LogP contribution in [-0.4, -0.2) is 53.4 Å². The van der Waals surface area contributed by atoms with Crippen LogP contribution in [0.5, 0.6) is 0 Å². The van der Waals surface area contributed by atoms with Crippen LogP contribution >= 0.6 is 0 Å². The molecule has 1 saturated carbocycles. The van der Waals surface area contributed by atoms with Gasteiger partial charge in [0.25, 0.3) is 0 Å². The van der Waals surface area contributed by atoms with Crippen molar-refractivity contribution in [2.45, 2.75) is 63.8 Å². The Morgan fingerprint density at radius 1 is 1.45 bits per heavy atom. The second-order valence-electron chi connectivity index (χ2n) is 5.50. The molecule has 0 aromatic heterocycles. The van der Waals surface area contributed by atoms with Gasteiger partial charge >= 0.3 is 12.1 Å². The number of alkyl halides is 3. The molecule has 0 saturated heterocycles. The lowest BCUT2D eigenvalue weighted by Gasteiger charge is -2.43. The Hall–Kier alpha value is -0.820. The fourth-order valence-electron chi connectivity index (χ4n) is 2.56. The number of hydrogen-bond acceptors (Lipinski definition) is 3. The molecule has 4 nitrogen and oxygen atoms in total. The highest BCUT2D eigenvalue weighted by atomic mass is 19.4. The first-order valence-corrected chi connectivity index (χ1v) is 7.00. The van der Waals surface area contributed by atoms with Crippen LogP contribution in [0.15, 0.2) is 0 Å². The van der Waals surface area contributed by atoms with E-state index < -0.39 is 18.6 Å². The number of carboxylic acids is 1. The number of rotatable bonds is 8. The molecule has 1 unspecified atom stereocenters. The van der Waals surface area contributed by atoms with Gasteiger partial charge in [-0.3, -0.25) is 9.69 Å². The minimum Gasteiger partial charge on any atom is -0.480 e. The molecule has 0 bridgehead atoms. The van der Waals surface area contributed by atoms with Crippen LogP contribution in [0.4, 0.5) is 13.2 Å². The Balaban J connectivity index is 2.22. The fraction of sp³-hybridized carbons (Fsp3) is 0.923. The van der Waals surface area contributed by atoms with Gasteiger partial charge in [-0.2, -0.15) is 13.2 Å². The second kappa shape index (κ2) is 7.26. The van der Waals surface area contributed by atoms with Gasteiger partial charge in [-0.25, -0.2) is 0 Å². The highest BCUT2D eigenvalue weighted by molar-refractivity contribution is 5.69. The monoisotopic (exact) mass is 296 g/mol. The van der Waals surface area contributed by atoms with Gasteiger partial charge in [-0.1, -0.05) is 6.92 Å². The van der Waals surface area contributed by atoms with Crippen molar-refractivity contribution in [2.24, 2.45) is 0 Å². The Morgan fingerprint density at radius 3 is 2.50 bits per heavy atom. The first kappa shape index (κ1) is 17.2. The minimum absolute atomic E-state index is 0.0253. The van der Waals surface area contributed by atoms with Crippen molar-refractivity contribution < 1.29 is 23.1 Å². The van der Waals surface area contributed by atoms with Crippen LogP contribution in [0.2, 0.25) is 0 Å². The summed E-state index contributed by atoms with van der Waals surface area (Å²) in [5.74, 6) is -0.846. The van der Waals surface area contributed by atoms with Crippen LogP contribution in [0.1, 0.15) is 39.5 Å². The number of carbonyl (C=O) groups is 1. The summed E-state index contributed by atoms with van der Waals surface area (Å²) in [6.07, 6.45) is -3.18. The van der Waals surface area contributed by atoms with E-state index >= 15 is 0 Å². The summed E-state index contributed by atoms with van der Waals surface area (Å²) in [5, 5.41) is 12.0. The standard InChI is InChI=1S/C13H23F3N2O2/c1-3-18(8-12(19)20)11-6-10(7-11)17-9(2)4-5-13(14,15)16/h9-11,17H,3-8H2,1-2H3,(H,19,20). The van der Waals surface area contributed by atoms with Gasteiger partial charge < -0.3 is 10.4 Å². The third kappa shape index (κ3) is 6.09. The normalized spacial score (nSPS) is 24.5. The zero-order valence-corrected chi connectivity index (χ0v) is 11.9. The van der Waals surface area contributed by atoms with E-state index in [0.29, 0.717) is 6.54 Å². The number of nitrogens with zero attached hydrogens (tertiary/aromatic N) is 1. The molecule has 0 spiro atoms. The number of carboxylic acid groups (broad SMARTS) is 1. The molecule has 0 heterocycles. The molecule has 0 amide bonds. The fourth-order valence-corrected chi connectivity index (χ4v) is 2.56. The van der Waals surface area contributed by atoms with Crippen LogP contribution in [0, 0.1) is 0 Å². The highest BCUT2D eigenvalue weighted by Crippen LogP contribution is 2.27. The van der Waals surface area contributed by atoms with E-state index in [0.717, 1.165) is 12.8 Å². The quantitative estimate of drug-likeness (QED) is 0.721. The summed E-state index contributed by atoms with van der Waals surface area (Å²) < 4.78 is 36.3. The lowest BCUT2D eigenvalue weighted by Crippen LogP contribution is -2.55. The molecular formula is C13H23F3N2O2. The summed E-state index contributed by atoms with van der Waals surface area (Å²) in [6.45, 7) is 4.37. The van der Waals surface area contributed by atoms with Crippen molar-refractivity contribution in [1.29, 1.82) is 0 Å². The molecule has 2 N–H and O–H groups in total. The topological polar surface area (TPSA) is 52.6 Å². The van der Waals surface area contributed by atoms with Crippen LogP contribution in [0.25, 0.3) is 0 Å². The van der Waals surface area contributed by atoms with Crippen molar-refractivity contribution >= 4 is 5.97 Å². The van der Waals surface area contributed by atoms with E-state index in [-0.39, 0.29) is 31.1 Å². The maximum atomic E-state index is 12.1. The largest absolute Gasteiger partial charge is 0.480 e. The van der Waals surface area contributed by atoms with Gasteiger partial charge in [0.2, 0.25) is 0 Å². The zero-order chi connectivity index (χ0) is 15.3. The molecule has 0 aliphatic heterocycles. The van der Waals surface area contributed by atoms with Crippen molar-refractivity contribution in [3.63, 3.8) is 0 Å². The summed E-state index contributed by atoms with van der Waals surface area (Å²) >= 11 is 0. The number of nitrogens with one attached hydrogen (secondary N) is 1. The molecule has 1 rings (SSSR count). The molecule has 1 atom stereocenters. The molecule has 0 aromatic carbocycles. The van der Waals surface area contributed by atoms with Crippen molar-refractivity contribution in [2.75, 3.05) is 13.1 Å². The average molecular weight is 296 g/mol. The number of hydrogen-bond donors (Lipinski definition) is 2. The van der Waals surface area contributed by atoms with E-state index in [4.69, 9.17) is 5.11 Å². The maximum Gasteiger partial charge on any atom is 0.389 e. The van der Waals surface area contributed by atoms with Gasteiger partial charge in [0.15, 0.2) is 0 Å². The lowest BCUT2D eigenvalue weighted by atomic mass is 9.84. The summed E-state index contributed by atoms with van der Waals surface area (Å²) in [5.41, 5.74) is 0. The van der Waals surface area contributed by atoms with Crippen molar-refractivity contribution in [3.8, 4) is 0 Å².